The van der Waals surface area contributed by atoms with Gasteiger partial charge in [0.2, 0.25) is 0 Å². The second-order valence-corrected chi connectivity index (χ2v) is 7.14. The highest BCUT2D eigenvalue weighted by Crippen LogP contribution is 2.15. The third kappa shape index (κ3) is 12.3. The average molecular weight is 448 g/mol. The largest absolute Gasteiger partial charge is 0.447 e. The Labute approximate surface area is 189 Å². The molecule has 32 heavy (non-hydrogen) atoms. The van der Waals surface area contributed by atoms with Crippen LogP contribution >= 0.6 is 0 Å². The summed E-state index contributed by atoms with van der Waals surface area (Å²) in [6, 6.07) is 0. The Morgan fingerprint density at radius 2 is 1.78 bits per heavy atom. The fourth-order valence-electron chi connectivity index (χ4n) is 2.62. The van der Waals surface area contributed by atoms with Gasteiger partial charge in [0.25, 0.3) is 0 Å². The number of ether oxygens (including phenoxy) is 3. The molecular formula is C23H33N3O6. The molecule has 9 nitrogen and oxygen atoms in total. The monoisotopic (exact) mass is 447 g/mol. The van der Waals surface area contributed by atoms with Crippen LogP contribution in [0, 0.1) is 5.92 Å². The Balaban J connectivity index is 2.21. The standard InChI is InChI=1S/C23H33N3O6/c1-5-8-18(6-2)14-24-21(27)30-11-12-31-22(28)25-15-19-9-7-10-20(13-19)16-26-23(29)32-17(3)4/h5-8,10,13,17,19H,1-2,9,11-12,14-16H2,3-4H3,(H,24,27)(H,25,28)(H,26,29)/b18-8+. The minimum absolute atomic E-state index is 0.0659. The lowest BCUT2D eigenvalue weighted by Gasteiger charge is -2.18. The molecule has 1 atom stereocenters. The number of carbonyl (C=O) groups excluding carboxylic acids is 3. The zero-order chi connectivity index (χ0) is 23.8. The van der Waals surface area contributed by atoms with Crippen molar-refractivity contribution in [3.8, 4) is 0 Å². The molecule has 1 aliphatic rings. The van der Waals surface area contributed by atoms with Crippen molar-refractivity contribution in [2.75, 3.05) is 32.8 Å². The lowest BCUT2D eigenvalue weighted by Crippen LogP contribution is -2.32. The maximum absolute atomic E-state index is 11.8. The minimum Gasteiger partial charge on any atom is -0.447 e. The van der Waals surface area contributed by atoms with E-state index in [2.05, 4.69) is 29.1 Å². The van der Waals surface area contributed by atoms with E-state index in [1.165, 1.54) is 0 Å². The van der Waals surface area contributed by atoms with Crippen molar-refractivity contribution in [3.63, 3.8) is 0 Å². The maximum Gasteiger partial charge on any atom is 0.407 e. The fourth-order valence-corrected chi connectivity index (χ4v) is 2.62. The van der Waals surface area contributed by atoms with Crippen LogP contribution in [0.3, 0.4) is 0 Å². The molecule has 9 heteroatoms. The Morgan fingerprint density at radius 1 is 1.09 bits per heavy atom. The van der Waals surface area contributed by atoms with Crippen LogP contribution in [0.2, 0.25) is 0 Å². The summed E-state index contributed by atoms with van der Waals surface area (Å²) in [7, 11) is 0. The van der Waals surface area contributed by atoms with Crippen LogP contribution < -0.4 is 16.0 Å². The van der Waals surface area contributed by atoms with Crippen molar-refractivity contribution in [1.29, 1.82) is 0 Å². The Hall–Kier alpha value is -3.49. The Bertz CT molecular complexity index is 755. The van der Waals surface area contributed by atoms with Crippen LogP contribution in [0.15, 0.2) is 60.8 Å². The third-order valence-corrected chi connectivity index (χ3v) is 4.09. The molecular weight excluding hydrogens is 414 g/mol. The van der Waals surface area contributed by atoms with Crippen molar-refractivity contribution >= 4 is 18.3 Å². The van der Waals surface area contributed by atoms with Gasteiger partial charge in [-0.2, -0.15) is 0 Å². The minimum atomic E-state index is -0.622. The molecule has 1 rings (SSSR count). The molecule has 0 aromatic carbocycles. The molecule has 3 N–H and O–H groups in total. The summed E-state index contributed by atoms with van der Waals surface area (Å²) in [4.78, 5) is 35.0. The van der Waals surface area contributed by atoms with Gasteiger partial charge in [-0.05, 0) is 37.3 Å². The highest BCUT2D eigenvalue weighted by atomic mass is 16.6. The predicted octanol–water partition coefficient (Wildman–Crippen LogP) is 3.37. The molecule has 0 bridgehead atoms. The summed E-state index contributed by atoms with van der Waals surface area (Å²) >= 11 is 0. The van der Waals surface area contributed by atoms with Crippen LogP contribution in [0.4, 0.5) is 14.4 Å². The van der Waals surface area contributed by atoms with Crippen molar-refractivity contribution in [2.45, 2.75) is 26.4 Å². The van der Waals surface area contributed by atoms with Gasteiger partial charge in [0.05, 0.1) is 6.10 Å². The first-order chi connectivity index (χ1) is 15.3. The Morgan fingerprint density at radius 3 is 2.41 bits per heavy atom. The number of carbonyl (C=O) groups is 3. The van der Waals surface area contributed by atoms with E-state index in [-0.39, 0.29) is 31.8 Å². The summed E-state index contributed by atoms with van der Waals surface area (Å²) < 4.78 is 15.0. The summed E-state index contributed by atoms with van der Waals surface area (Å²) in [6.45, 7) is 11.6. The first-order valence-electron chi connectivity index (χ1n) is 10.4. The zero-order valence-corrected chi connectivity index (χ0v) is 18.7. The maximum atomic E-state index is 11.8. The van der Waals surface area contributed by atoms with E-state index in [1.807, 2.05) is 18.2 Å². The number of rotatable bonds is 12. The van der Waals surface area contributed by atoms with Crippen LogP contribution in [0.5, 0.6) is 0 Å². The van der Waals surface area contributed by atoms with Gasteiger partial charge in [0.15, 0.2) is 0 Å². The van der Waals surface area contributed by atoms with Crippen molar-refractivity contribution in [1.82, 2.24) is 16.0 Å². The summed E-state index contributed by atoms with van der Waals surface area (Å²) in [5, 5.41) is 7.92. The number of amides is 3. The first kappa shape index (κ1) is 26.5. The molecule has 1 unspecified atom stereocenters. The van der Waals surface area contributed by atoms with E-state index >= 15 is 0 Å². The molecule has 0 spiro atoms. The van der Waals surface area contributed by atoms with Gasteiger partial charge in [-0.1, -0.05) is 49.6 Å². The zero-order valence-electron chi connectivity index (χ0n) is 18.7. The average Bonchev–Trinajstić information content (AvgIpc) is 2.76. The highest BCUT2D eigenvalue weighted by molar-refractivity contribution is 5.68. The molecule has 0 aromatic rings. The molecule has 0 aliphatic heterocycles. The lowest BCUT2D eigenvalue weighted by molar-refractivity contribution is 0.0957. The molecule has 176 valence electrons. The topological polar surface area (TPSA) is 115 Å². The van der Waals surface area contributed by atoms with Gasteiger partial charge < -0.3 is 30.2 Å². The van der Waals surface area contributed by atoms with Gasteiger partial charge in [0.1, 0.15) is 13.2 Å². The van der Waals surface area contributed by atoms with E-state index in [9.17, 15) is 14.4 Å². The van der Waals surface area contributed by atoms with Crippen molar-refractivity contribution in [2.24, 2.45) is 5.92 Å². The lowest BCUT2D eigenvalue weighted by atomic mass is 9.96. The van der Waals surface area contributed by atoms with Crippen LogP contribution in [-0.4, -0.2) is 57.2 Å². The molecule has 0 radical (unpaired) electrons. The summed E-state index contributed by atoms with van der Waals surface area (Å²) in [5.41, 5.74) is 1.72. The predicted molar refractivity (Wildman–Crippen MR) is 122 cm³/mol. The highest BCUT2D eigenvalue weighted by Gasteiger charge is 2.13. The first-order valence-corrected chi connectivity index (χ1v) is 10.4. The van der Waals surface area contributed by atoms with Gasteiger partial charge in [-0.15, -0.1) is 0 Å². The summed E-state index contributed by atoms with van der Waals surface area (Å²) in [6.07, 6.45) is 9.71. The molecule has 1 aliphatic carbocycles. The van der Waals surface area contributed by atoms with Crippen molar-refractivity contribution in [3.05, 3.63) is 60.8 Å². The Kier molecular flexibility index (Phi) is 12.7. The number of alkyl carbamates (subject to hydrolysis) is 3. The van der Waals surface area contributed by atoms with Crippen LogP contribution in [0.1, 0.15) is 20.3 Å². The normalized spacial score (nSPS) is 15.3. The van der Waals surface area contributed by atoms with E-state index in [0.717, 1.165) is 17.6 Å². The molecule has 0 aromatic heterocycles. The molecule has 0 saturated carbocycles. The third-order valence-electron chi connectivity index (χ3n) is 4.09. The second-order valence-electron chi connectivity index (χ2n) is 7.14. The number of allylic oxidation sites excluding steroid dienone is 3. The van der Waals surface area contributed by atoms with Crippen molar-refractivity contribution < 1.29 is 28.6 Å². The molecule has 0 fully saturated rings. The van der Waals surface area contributed by atoms with Gasteiger partial charge in [-0.25, -0.2) is 14.4 Å². The number of hydrogen-bond acceptors (Lipinski definition) is 6. The fraction of sp³-hybridized carbons (Fsp3) is 0.435. The SMILES string of the molecule is C=C/C=C(\C=C)CNC(=O)OCCOC(=O)NCC1C=C(CNC(=O)OC(C)C)C=CC1. The quantitative estimate of drug-likeness (QED) is 0.240. The summed E-state index contributed by atoms with van der Waals surface area (Å²) in [5.74, 6) is 0.0789. The number of nitrogens with one attached hydrogen (secondary N) is 3. The van der Waals surface area contributed by atoms with Crippen LogP contribution in [-0.2, 0) is 14.2 Å². The van der Waals surface area contributed by atoms with Gasteiger partial charge in [-0.3, -0.25) is 0 Å². The van der Waals surface area contributed by atoms with Gasteiger partial charge in [0, 0.05) is 19.6 Å². The van der Waals surface area contributed by atoms with E-state index in [0.29, 0.717) is 13.1 Å². The molecule has 0 saturated heterocycles. The molecule has 3 amide bonds. The smallest absolute Gasteiger partial charge is 0.407 e. The van der Waals surface area contributed by atoms with E-state index < -0.39 is 18.3 Å². The van der Waals surface area contributed by atoms with E-state index in [4.69, 9.17) is 14.2 Å². The van der Waals surface area contributed by atoms with E-state index in [1.54, 1.807) is 32.1 Å². The second kappa shape index (κ2) is 15.3. The molecule has 0 heterocycles. The van der Waals surface area contributed by atoms with Crippen LogP contribution in [0.25, 0.3) is 0 Å². The number of hydrogen-bond donors (Lipinski definition) is 3. The van der Waals surface area contributed by atoms with Gasteiger partial charge >= 0.3 is 18.3 Å².